The van der Waals surface area contributed by atoms with Crippen LogP contribution in [0.15, 0.2) is 24.3 Å². The van der Waals surface area contributed by atoms with E-state index < -0.39 is 0 Å². The second-order valence-electron chi connectivity index (χ2n) is 7.12. The molecule has 1 aromatic carbocycles. The average Bonchev–Trinajstić information content (AvgIpc) is 2.95. The van der Waals surface area contributed by atoms with E-state index in [1.165, 1.54) is 5.56 Å². The zero-order valence-electron chi connectivity index (χ0n) is 15.8. The molecule has 1 amide bonds. The summed E-state index contributed by atoms with van der Waals surface area (Å²) in [6, 6.07) is 9.17. The van der Waals surface area contributed by atoms with E-state index in [1.54, 1.807) is 0 Å². The minimum Gasteiger partial charge on any atom is -0.494 e. The Kier molecular flexibility index (Phi) is 6.67. The smallest absolute Gasteiger partial charge is 0.237 e. The van der Waals surface area contributed by atoms with Gasteiger partial charge in [0, 0.05) is 18.1 Å². The first-order chi connectivity index (χ1) is 11.4. The molecule has 1 heterocycles. The number of ether oxygens (including phenoxy) is 1. The molecule has 0 spiro atoms. The second kappa shape index (κ2) is 8.52. The van der Waals surface area contributed by atoms with Crippen molar-refractivity contribution in [2.75, 3.05) is 19.7 Å². The number of carbonyl (C=O) groups is 1. The normalized spacial score (nSPS) is 18.4. The number of hydrogen-bond acceptors (Lipinski definition) is 3. The molecule has 0 aliphatic carbocycles. The third kappa shape index (κ3) is 4.50. The van der Waals surface area contributed by atoms with Crippen LogP contribution in [0.1, 0.15) is 59.1 Å². The van der Waals surface area contributed by atoms with Crippen molar-refractivity contribution in [1.82, 2.24) is 9.80 Å². The predicted octanol–water partition coefficient (Wildman–Crippen LogP) is 3.87. The van der Waals surface area contributed by atoms with Crippen LogP contribution in [0.5, 0.6) is 5.75 Å². The lowest BCUT2D eigenvalue weighted by molar-refractivity contribution is -0.136. The SMILES string of the molecule is CCOc1ccc(C2CCCN2CC(=O)N(C(C)C)C(C)C)cc1. The second-order valence-corrected chi connectivity index (χ2v) is 7.12. The van der Waals surface area contributed by atoms with E-state index in [0.29, 0.717) is 19.2 Å². The number of nitrogens with zero attached hydrogens (tertiary/aromatic N) is 2. The van der Waals surface area contributed by atoms with Crippen LogP contribution < -0.4 is 4.74 Å². The van der Waals surface area contributed by atoms with Crippen molar-refractivity contribution in [3.05, 3.63) is 29.8 Å². The van der Waals surface area contributed by atoms with Gasteiger partial charge < -0.3 is 9.64 Å². The summed E-state index contributed by atoms with van der Waals surface area (Å²) >= 11 is 0. The number of hydrogen-bond donors (Lipinski definition) is 0. The Hall–Kier alpha value is -1.55. The molecule has 1 aliphatic heterocycles. The maximum atomic E-state index is 12.8. The first-order valence-electron chi connectivity index (χ1n) is 9.22. The van der Waals surface area contributed by atoms with Crippen LogP contribution in [0, 0.1) is 0 Å². The van der Waals surface area contributed by atoms with Crippen molar-refractivity contribution in [2.45, 2.75) is 65.6 Å². The molecule has 0 N–H and O–H groups in total. The van der Waals surface area contributed by atoms with Crippen LogP contribution in [-0.2, 0) is 4.79 Å². The molecule has 0 radical (unpaired) electrons. The van der Waals surface area contributed by atoms with E-state index in [2.05, 4.69) is 44.7 Å². The summed E-state index contributed by atoms with van der Waals surface area (Å²) in [7, 11) is 0. The van der Waals surface area contributed by atoms with E-state index >= 15 is 0 Å². The summed E-state index contributed by atoms with van der Waals surface area (Å²) in [5.41, 5.74) is 1.28. The standard InChI is InChI=1S/C20H32N2O2/c1-6-24-18-11-9-17(10-12-18)19-8-7-13-21(19)14-20(23)22(15(2)3)16(4)5/h9-12,15-16,19H,6-8,13-14H2,1-5H3. The van der Waals surface area contributed by atoms with Crippen molar-refractivity contribution in [2.24, 2.45) is 0 Å². The lowest BCUT2D eigenvalue weighted by Crippen LogP contribution is -2.47. The van der Waals surface area contributed by atoms with Gasteiger partial charge in [-0.05, 0) is 71.7 Å². The highest BCUT2D eigenvalue weighted by atomic mass is 16.5. The number of rotatable bonds is 7. The Labute approximate surface area is 146 Å². The first-order valence-corrected chi connectivity index (χ1v) is 9.22. The van der Waals surface area contributed by atoms with Gasteiger partial charge in [0.05, 0.1) is 13.2 Å². The molecular weight excluding hydrogens is 300 g/mol. The Balaban J connectivity index is 2.06. The van der Waals surface area contributed by atoms with E-state index in [4.69, 9.17) is 4.74 Å². The minimum absolute atomic E-state index is 0.234. The van der Waals surface area contributed by atoms with Crippen LogP contribution >= 0.6 is 0 Å². The molecule has 134 valence electrons. The molecule has 0 bridgehead atoms. The molecule has 1 saturated heterocycles. The van der Waals surface area contributed by atoms with Gasteiger partial charge in [0.25, 0.3) is 0 Å². The van der Waals surface area contributed by atoms with Gasteiger partial charge in [-0.2, -0.15) is 0 Å². The van der Waals surface area contributed by atoms with Gasteiger partial charge in [-0.25, -0.2) is 0 Å². The molecule has 1 aromatic rings. The number of benzene rings is 1. The maximum Gasteiger partial charge on any atom is 0.237 e. The Bertz CT molecular complexity index is 517. The Morgan fingerprint density at radius 2 is 1.83 bits per heavy atom. The van der Waals surface area contributed by atoms with E-state index in [-0.39, 0.29) is 18.0 Å². The molecule has 4 heteroatoms. The highest BCUT2D eigenvalue weighted by Gasteiger charge is 2.30. The molecule has 1 unspecified atom stereocenters. The molecule has 0 aromatic heterocycles. The first kappa shape index (κ1) is 18.8. The van der Waals surface area contributed by atoms with Crippen LogP contribution in [-0.4, -0.2) is 47.5 Å². The van der Waals surface area contributed by atoms with E-state index in [0.717, 1.165) is 25.1 Å². The van der Waals surface area contributed by atoms with Gasteiger partial charge >= 0.3 is 0 Å². The van der Waals surface area contributed by atoms with Gasteiger partial charge in [-0.1, -0.05) is 12.1 Å². The molecule has 1 aliphatic rings. The number of carbonyl (C=O) groups excluding carboxylic acids is 1. The Morgan fingerprint density at radius 1 is 1.21 bits per heavy atom. The van der Waals surface area contributed by atoms with Gasteiger partial charge in [0.2, 0.25) is 5.91 Å². The summed E-state index contributed by atoms with van der Waals surface area (Å²) in [4.78, 5) is 17.1. The number of amides is 1. The fourth-order valence-electron chi connectivity index (χ4n) is 3.77. The van der Waals surface area contributed by atoms with Crippen LogP contribution in [0.2, 0.25) is 0 Å². The maximum absolute atomic E-state index is 12.8. The zero-order chi connectivity index (χ0) is 17.7. The third-order valence-electron chi connectivity index (χ3n) is 4.68. The molecule has 0 saturated carbocycles. The van der Waals surface area contributed by atoms with Crippen LogP contribution in [0.4, 0.5) is 0 Å². The van der Waals surface area contributed by atoms with Crippen molar-refractivity contribution in [3.63, 3.8) is 0 Å². The molecule has 1 fully saturated rings. The monoisotopic (exact) mass is 332 g/mol. The van der Waals surface area contributed by atoms with E-state index in [1.807, 2.05) is 24.0 Å². The molecular formula is C20H32N2O2. The third-order valence-corrected chi connectivity index (χ3v) is 4.68. The lowest BCUT2D eigenvalue weighted by Gasteiger charge is -2.33. The summed E-state index contributed by atoms with van der Waals surface area (Å²) in [5.74, 6) is 1.14. The average molecular weight is 332 g/mol. The fraction of sp³-hybridized carbons (Fsp3) is 0.650. The Morgan fingerprint density at radius 3 is 2.38 bits per heavy atom. The summed E-state index contributed by atoms with van der Waals surface area (Å²) in [6.45, 7) is 12.5. The topological polar surface area (TPSA) is 32.8 Å². The lowest BCUT2D eigenvalue weighted by atomic mass is 10.0. The molecule has 24 heavy (non-hydrogen) atoms. The molecule has 2 rings (SSSR count). The summed E-state index contributed by atoms with van der Waals surface area (Å²) in [5, 5.41) is 0. The zero-order valence-corrected chi connectivity index (χ0v) is 15.8. The fourth-order valence-corrected chi connectivity index (χ4v) is 3.77. The van der Waals surface area contributed by atoms with Crippen LogP contribution in [0.3, 0.4) is 0 Å². The molecule has 4 nitrogen and oxygen atoms in total. The summed E-state index contributed by atoms with van der Waals surface area (Å²) < 4.78 is 5.52. The highest BCUT2D eigenvalue weighted by Crippen LogP contribution is 2.32. The molecule has 1 atom stereocenters. The predicted molar refractivity (Wildman–Crippen MR) is 98.3 cm³/mol. The summed E-state index contributed by atoms with van der Waals surface area (Å²) in [6.07, 6.45) is 2.26. The quantitative estimate of drug-likeness (QED) is 0.760. The van der Waals surface area contributed by atoms with Gasteiger partial charge in [0.15, 0.2) is 0 Å². The van der Waals surface area contributed by atoms with Crippen molar-refractivity contribution >= 4 is 5.91 Å². The minimum atomic E-state index is 0.234. The van der Waals surface area contributed by atoms with Gasteiger partial charge in [-0.3, -0.25) is 9.69 Å². The van der Waals surface area contributed by atoms with Gasteiger partial charge in [0.1, 0.15) is 5.75 Å². The van der Waals surface area contributed by atoms with Crippen LogP contribution in [0.25, 0.3) is 0 Å². The number of likely N-dealkylation sites (tertiary alicyclic amines) is 1. The largest absolute Gasteiger partial charge is 0.494 e. The van der Waals surface area contributed by atoms with Crippen molar-refractivity contribution in [1.29, 1.82) is 0 Å². The van der Waals surface area contributed by atoms with Crippen molar-refractivity contribution in [3.8, 4) is 5.75 Å². The van der Waals surface area contributed by atoms with E-state index in [9.17, 15) is 4.79 Å². The van der Waals surface area contributed by atoms with Gasteiger partial charge in [-0.15, -0.1) is 0 Å². The highest BCUT2D eigenvalue weighted by molar-refractivity contribution is 5.79. The van der Waals surface area contributed by atoms with Crippen molar-refractivity contribution < 1.29 is 9.53 Å².